The summed E-state index contributed by atoms with van der Waals surface area (Å²) in [6.45, 7) is 6.30. The second-order valence-corrected chi connectivity index (χ2v) is 4.97. The summed E-state index contributed by atoms with van der Waals surface area (Å²) < 4.78 is 5.23. The van der Waals surface area contributed by atoms with Crippen molar-refractivity contribution in [2.45, 2.75) is 38.9 Å². The first-order chi connectivity index (χ1) is 9.04. The van der Waals surface area contributed by atoms with Gasteiger partial charge in [-0.1, -0.05) is 30.3 Å². The molecular formula is C15H24N2O2. The minimum atomic E-state index is -0.261. The Morgan fingerprint density at radius 3 is 2.37 bits per heavy atom. The maximum atomic E-state index is 11.9. The average molecular weight is 264 g/mol. The summed E-state index contributed by atoms with van der Waals surface area (Å²) >= 11 is 0. The zero-order valence-electron chi connectivity index (χ0n) is 12.1. The van der Waals surface area contributed by atoms with Crippen LogP contribution in [-0.2, 0) is 9.53 Å². The number of methoxy groups -OCH3 is 1. The van der Waals surface area contributed by atoms with Gasteiger partial charge in [-0.2, -0.15) is 0 Å². The third-order valence-electron chi connectivity index (χ3n) is 2.81. The molecule has 106 valence electrons. The molecule has 0 heterocycles. The van der Waals surface area contributed by atoms with Crippen molar-refractivity contribution in [3.63, 3.8) is 0 Å². The van der Waals surface area contributed by atoms with E-state index in [1.807, 2.05) is 51.1 Å². The van der Waals surface area contributed by atoms with E-state index in [0.29, 0.717) is 6.61 Å². The molecule has 0 fully saturated rings. The van der Waals surface area contributed by atoms with Crippen LogP contribution in [0.4, 0.5) is 0 Å². The van der Waals surface area contributed by atoms with Gasteiger partial charge in [0.2, 0.25) is 5.91 Å². The Hall–Kier alpha value is -1.39. The number of hydrogen-bond acceptors (Lipinski definition) is 3. The van der Waals surface area contributed by atoms with Gasteiger partial charge in [-0.05, 0) is 26.3 Å². The smallest absolute Gasteiger partial charge is 0.237 e. The summed E-state index contributed by atoms with van der Waals surface area (Å²) in [5.41, 5.74) is 1.12. The normalized spacial score (nSPS) is 14.2. The Balaban J connectivity index is 2.66. The molecule has 0 radical (unpaired) electrons. The van der Waals surface area contributed by atoms with E-state index in [9.17, 15) is 4.79 Å². The standard InChI is InChI=1S/C15H24N2O2/c1-11(2)16-15(18)12(3)17-14(10-19-4)13-8-6-5-7-9-13/h5-9,11-12,14,17H,10H2,1-4H3,(H,16,18). The van der Waals surface area contributed by atoms with Gasteiger partial charge in [0.25, 0.3) is 0 Å². The molecule has 0 bridgehead atoms. The number of hydrogen-bond donors (Lipinski definition) is 2. The van der Waals surface area contributed by atoms with E-state index in [4.69, 9.17) is 4.74 Å². The molecule has 1 aromatic rings. The van der Waals surface area contributed by atoms with Crippen molar-refractivity contribution >= 4 is 5.91 Å². The first-order valence-electron chi connectivity index (χ1n) is 6.65. The summed E-state index contributed by atoms with van der Waals surface area (Å²) in [4.78, 5) is 11.9. The van der Waals surface area contributed by atoms with Gasteiger partial charge in [0.05, 0.1) is 18.7 Å². The number of ether oxygens (including phenoxy) is 1. The molecule has 1 amide bonds. The highest BCUT2D eigenvalue weighted by Gasteiger charge is 2.19. The second kappa shape index (κ2) is 7.92. The van der Waals surface area contributed by atoms with Crippen molar-refractivity contribution in [1.82, 2.24) is 10.6 Å². The molecule has 2 unspecified atom stereocenters. The zero-order chi connectivity index (χ0) is 14.3. The molecule has 4 nitrogen and oxygen atoms in total. The highest BCUT2D eigenvalue weighted by atomic mass is 16.5. The van der Waals surface area contributed by atoms with Crippen LogP contribution in [0.1, 0.15) is 32.4 Å². The summed E-state index contributed by atoms with van der Waals surface area (Å²) in [6.07, 6.45) is 0. The van der Waals surface area contributed by atoms with Crippen molar-refractivity contribution in [1.29, 1.82) is 0 Å². The van der Waals surface area contributed by atoms with Crippen molar-refractivity contribution in [2.75, 3.05) is 13.7 Å². The molecule has 19 heavy (non-hydrogen) atoms. The monoisotopic (exact) mass is 264 g/mol. The molecule has 2 atom stereocenters. The lowest BCUT2D eigenvalue weighted by Gasteiger charge is -2.23. The van der Waals surface area contributed by atoms with Gasteiger partial charge in [0, 0.05) is 13.2 Å². The molecule has 0 spiro atoms. The van der Waals surface area contributed by atoms with Crippen molar-refractivity contribution < 1.29 is 9.53 Å². The lowest BCUT2D eigenvalue weighted by Crippen LogP contribution is -2.46. The van der Waals surface area contributed by atoms with Crippen LogP contribution in [0.2, 0.25) is 0 Å². The number of nitrogens with one attached hydrogen (secondary N) is 2. The Morgan fingerprint density at radius 2 is 1.84 bits per heavy atom. The summed E-state index contributed by atoms with van der Waals surface area (Å²) in [5, 5.41) is 6.20. The van der Waals surface area contributed by atoms with E-state index < -0.39 is 0 Å². The van der Waals surface area contributed by atoms with Crippen LogP contribution in [0, 0.1) is 0 Å². The Bertz CT molecular complexity index is 379. The van der Waals surface area contributed by atoms with E-state index >= 15 is 0 Å². The van der Waals surface area contributed by atoms with Crippen LogP contribution in [0.25, 0.3) is 0 Å². The molecule has 0 saturated heterocycles. The molecule has 4 heteroatoms. The van der Waals surface area contributed by atoms with E-state index in [2.05, 4.69) is 10.6 Å². The van der Waals surface area contributed by atoms with E-state index in [0.717, 1.165) is 5.56 Å². The minimum absolute atomic E-state index is 0.00651. The van der Waals surface area contributed by atoms with Gasteiger partial charge in [-0.25, -0.2) is 0 Å². The molecule has 0 aromatic heterocycles. The molecular weight excluding hydrogens is 240 g/mol. The van der Waals surface area contributed by atoms with Crippen molar-refractivity contribution in [3.8, 4) is 0 Å². The van der Waals surface area contributed by atoms with Crippen LogP contribution >= 0.6 is 0 Å². The number of benzene rings is 1. The third kappa shape index (κ3) is 5.41. The molecule has 1 rings (SSSR count). The Labute approximate surface area is 115 Å². The zero-order valence-corrected chi connectivity index (χ0v) is 12.1. The number of carbonyl (C=O) groups excluding carboxylic acids is 1. The fraction of sp³-hybridized carbons (Fsp3) is 0.533. The lowest BCUT2D eigenvalue weighted by molar-refractivity contribution is -0.123. The van der Waals surface area contributed by atoms with Crippen molar-refractivity contribution in [2.24, 2.45) is 0 Å². The van der Waals surface area contributed by atoms with Gasteiger partial charge in [0.1, 0.15) is 0 Å². The predicted molar refractivity (Wildman–Crippen MR) is 76.9 cm³/mol. The van der Waals surface area contributed by atoms with Crippen LogP contribution < -0.4 is 10.6 Å². The van der Waals surface area contributed by atoms with E-state index in [-0.39, 0.29) is 24.0 Å². The first kappa shape index (κ1) is 15.7. The summed E-state index contributed by atoms with van der Waals surface area (Å²) in [7, 11) is 1.66. The van der Waals surface area contributed by atoms with E-state index in [1.165, 1.54) is 0 Å². The third-order valence-corrected chi connectivity index (χ3v) is 2.81. The Kier molecular flexibility index (Phi) is 6.53. The van der Waals surface area contributed by atoms with Gasteiger partial charge in [-0.15, -0.1) is 0 Å². The number of rotatable bonds is 7. The van der Waals surface area contributed by atoms with Crippen molar-refractivity contribution in [3.05, 3.63) is 35.9 Å². The van der Waals surface area contributed by atoms with Crippen LogP contribution in [0.3, 0.4) is 0 Å². The Morgan fingerprint density at radius 1 is 1.21 bits per heavy atom. The van der Waals surface area contributed by atoms with Gasteiger partial charge in [-0.3, -0.25) is 10.1 Å². The fourth-order valence-electron chi connectivity index (χ4n) is 1.88. The predicted octanol–water partition coefficient (Wildman–Crippen LogP) is 1.88. The highest BCUT2D eigenvalue weighted by molar-refractivity contribution is 5.81. The minimum Gasteiger partial charge on any atom is -0.383 e. The quantitative estimate of drug-likeness (QED) is 0.790. The largest absolute Gasteiger partial charge is 0.383 e. The first-order valence-corrected chi connectivity index (χ1v) is 6.65. The average Bonchev–Trinajstić information content (AvgIpc) is 2.38. The number of carbonyl (C=O) groups is 1. The van der Waals surface area contributed by atoms with Gasteiger partial charge >= 0.3 is 0 Å². The molecule has 1 aromatic carbocycles. The van der Waals surface area contributed by atoms with Gasteiger partial charge < -0.3 is 10.1 Å². The topological polar surface area (TPSA) is 50.4 Å². The molecule has 0 aliphatic rings. The molecule has 0 aliphatic carbocycles. The molecule has 0 aliphatic heterocycles. The molecule has 2 N–H and O–H groups in total. The second-order valence-electron chi connectivity index (χ2n) is 4.97. The van der Waals surface area contributed by atoms with E-state index in [1.54, 1.807) is 7.11 Å². The van der Waals surface area contributed by atoms with Crippen LogP contribution in [0.5, 0.6) is 0 Å². The van der Waals surface area contributed by atoms with Crippen LogP contribution in [0.15, 0.2) is 30.3 Å². The summed E-state index contributed by atoms with van der Waals surface area (Å²) in [5.74, 6) is 0.00651. The lowest BCUT2D eigenvalue weighted by atomic mass is 10.1. The maximum absolute atomic E-state index is 11.9. The fourth-order valence-corrected chi connectivity index (χ4v) is 1.88. The summed E-state index contributed by atoms with van der Waals surface area (Å²) in [6, 6.07) is 9.91. The SMILES string of the molecule is COCC(NC(C)C(=O)NC(C)C)c1ccccc1. The highest BCUT2D eigenvalue weighted by Crippen LogP contribution is 2.13. The molecule has 0 saturated carbocycles. The van der Waals surface area contributed by atoms with Gasteiger partial charge in [0.15, 0.2) is 0 Å². The van der Waals surface area contributed by atoms with Crippen LogP contribution in [-0.4, -0.2) is 31.7 Å². The maximum Gasteiger partial charge on any atom is 0.237 e. The number of amides is 1.